The first kappa shape index (κ1) is 17.5. The summed E-state index contributed by atoms with van der Waals surface area (Å²) in [6, 6.07) is 0. The molecule has 2 rings (SSSR count). The van der Waals surface area contributed by atoms with E-state index in [9.17, 15) is 4.79 Å². The molecule has 0 radical (unpaired) electrons. The van der Waals surface area contributed by atoms with Gasteiger partial charge >= 0.3 is 0 Å². The lowest BCUT2D eigenvalue weighted by Gasteiger charge is -2.41. The number of ether oxygens (including phenoxy) is 1. The van der Waals surface area contributed by atoms with Crippen LogP contribution in [0.5, 0.6) is 0 Å². The first-order valence-corrected chi connectivity index (χ1v) is 7.33. The second-order valence-corrected chi connectivity index (χ2v) is 5.83. The molecule has 0 saturated carbocycles. The van der Waals surface area contributed by atoms with Crippen molar-refractivity contribution in [3.05, 3.63) is 12.7 Å². The number of nitrogens with one attached hydrogen (secondary N) is 1. The fourth-order valence-electron chi connectivity index (χ4n) is 3.28. The number of nitrogens with zero attached hydrogens (tertiary/aromatic N) is 1. The van der Waals surface area contributed by atoms with Crippen LogP contribution in [0.15, 0.2) is 12.7 Å². The number of halogens is 1. The van der Waals surface area contributed by atoms with Gasteiger partial charge in [0.1, 0.15) is 0 Å². The van der Waals surface area contributed by atoms with Crippen LogP contribution in [0.2, 0.25) is 0 Å². The minimum absolute atomic E-state index is 0. The first-order valence-electron chi connectivity index (χ1n) is 7.33. The second kappa shape index (κ2) is 8.01. The van der Waals surface area contributed by atoms with E-state index in [2.05, 4.69) is 11.9 Å². The SMILES string of the molecule is C=CC1CCN(C(=O)C2(COC)CCNCC2)CC1.Cl. The summed E-state index contributed by atoms with van der Waals surface area (Å²) in [7, 11) is 1.70. The highest BCUT2D eigenvalue weighted by Crippen LogP contribution is 2.33. The molecule has 0 aromatic rings. The van der Waals surface area contributed by atoms with Gasteiger partial charge in [-0.25, -0.2) is 0 Å². The van der Waals surface area contributed by atoms with Gasteiger partial charge < -0.3 is 15.0 Å². The molecule has 116 valence electrons. The summed E-state index contributed by atoms with van der Waals surface area (Å²) in [6.07, 6.45) is 5.91. The monoisotopic (exact) mass is 302 g/mol. The molecule has 0 aliphatic carbocycles. The number of hydrogen-bond acceptors (Lipinski definition) is 3. The van der Waals surface area contributed by atoms with Gasteiger partial charge in [0.15, 0.2) is 0 Å². The number of carbonyl (C=O) groups excluding carboxylic acids is 1. The van der Waals surface area contributed by atoms with Crippen LogP contribution in [0, 0.1) is 11.3 Å². The molecule has 1 N–H and O–H groups in total. The Labute approximate surface area is 128 Å². The first-order chi connectivity index (χ1) is 9.22. The molecule has 0 aromatic carbocycles. The third-order valence-corrected chi connectivity index (χ3v) is 4.60. The average molecular weight is 303 g/mol. The van der Waals surface area contributed by atoms with Crippen molar-refractivity contribution < 1.29 is 9.53 Å². The van der Waals surface area contributed by atoms with Crippen molar-refractivity contribution in [2.75, 3.05) is 39.9 Å². The van der Waals surface area contributed by atoms with E-state index in [0.29, 0.717) is 18.4 Å². The summed E-state index contributed by atoms with van der Waals surface area (Å²) >= 11 is 0. The maximum atomic E-state index is 12.9. The zero-order chi connectivity index (χ0) is 13.7. The molecular formula is C15H27ClN2O2. The van der Waals surface area contributed by atoms with Gasteiger partial charge in [0.25, 0.3) is 0 Å². The van der Waals surface area contributed by atoms with E-state index in [0.717, 1.165) is 51.9 Å². The second-order valence-electron chi connectivity index (χ2n) is 5.83. The number of methoxy groups -OCH3 is 1. The summed E-state index contributed by atoms with van der Waals surface area (Å²) in [5, 5.41) is 3.33. The Morgan fingerprint density at radius 1 is 1.40 bits per heavy atom. The number of amides is 1. The molecule has 0 bridgehead atoms. The van der Waals surface area contributed by atoms with Gasteiger partial charge in [-0.05, 0) is 44.7 Å². The topological polar surface area (TPSA) is 41.6 Å². The molecule has 0 aromatic heterocycles. The normalized spacial score (nSPS) is 22.9. The minimum Gasteiger partial charge on any atom is -0.384 e. The number of likely N-dealkylation sites (tertiary alicyclic amines) is 1. The molecule has 0 spiro atoms. The van der Waals surface area contributed by atoms with E-state index in [-0.39, 0.29) is 17.8 Å². The maximum absolute atomic E-state index is 12.9. The van der Waals surface area contributed by atoms with Gasteiger partial charge in [0, 0.05) is 20.2 Å². The molecule has 0 atom stereocenters. The largest absolute Gasteiger partial charge is 0.384 e. The smallest absolute Gasteiger partial charge is 0.231 e. The van der Waals surface area contributed by atoms with Gasteiger partial charge in [-0.2, -0.15) is 0 Å². The Kier molecular flexibility index (Phi) is 7.00. The third kappa shape index (κ3) is 3.74. The van der Waals surface area contributed by atoms with E-state index in [1.165, 1.54) is 0 Å². The third-order valence-electron chi connectivity index (χ3n) is 4.60. The predicted molar refractivity (Wildman–Crippen MR) is 83.2 cm³/mol. The fourth-order valence-corrected chi connectivity index (χ4v) is 3.28. The van der Waals surface area contributed by atoms with Gasteiger partial charge in [-0.1, -0.05) is 6.08 Å². The summed E-state index contributed by atoms with van der Waals surface area (Å²) in [6.45, 7) is 7.97. The van der Waals surface area contributed by atoms with Crippen molar-refractivity contribution in [2.24, 2.45) is 11.3 Å². The van der Waals surface area contributed by atoms with Crippen LogP contribution in [0.3, 0.4) is 0 Å². The lowest BCUT2D eigenvalue weighted by molar-refractivity contribution is -0.148. The van der Waals surface area contributed by atoms with Crippen molar-refractivity contribution in [3.8, 4) is 0 Å². The van der Waals surface area contributed by atoms with E-state index in [4.69, 9.17) is 4.74 Å². The Morgan fingerprint density at radius 3 is 2.50 bits per heavy atom. The Balaban J connectivity index is 0.00000200. The zero-order valence-electron chi connectivity index (χ0n) is 12.4. The number of allylic oxidation sites excluding steroid dienone is 1. The number of carbonyl (C=O) groups is 1. The Morgan fingerprint density at radius 2 is 2.00 bits per heavy atom. The van der Waals surface area contributed by atoms with E-state index >= 15 is 0 Å². The fraction of sp³-hybridized carbons (Fsp3) is 0.800. The summed E-state index contributed by atoms with van der Waals surface area (Å²) < 4.78 is 5.35. The molecule has 0 unspecified atom stereocenters. The number of rotatable bonds is 4. The molecule has 2 saturated heterocycles. The summed E-state index contributed by atoms with van der Waals surface area (Å²) in [5.74, 6) is 0.883. The van der Waals surface area contributed by atoms with Gasteiger partial charge in [-0.15, -0.1) is 19.0 Å². The molecule has 2 fully saturated rings. The molecule has 1 amide bonds. The molecule has 2 aliphatic heterocycles. The van der Waals surface area contributed by atoms with Crippen molar-refractivity contribution in [1.82, 2.24) is 10.2 Å². The van der Waals surface area contributed by atoms with Crippen molar-refractivity contribution in [2.45, 2.75) is 25.7 Å². The zero-order valence-corrected chi connectivity index (χ0v) is 13.2. The quantitative estimate of drug-likeness (QED) is 0.806. The standard InChI is InChI=1S/C15H26N2O2.ClH/c1-3-13-4-10-17(11-5-13)14(18)15(12-19-2)6-8-16-9-7-15;/h3,13,16H,1,4-12H2,2H3;1H. The van der Waals surface area contributed by atoms with Gasteiger partial charge in [0.2, 0.25) is 5.91 Å². The van der Waals surface area contributed by atoms with E-state index in [1.54, 1.807) is 7.11 Å². The van der Waals surface area contributed by atoms with Crippen molar-refractivity contribution in [1.29, 1.82) is 0 Å². The minimum atomic E-state index is -0.291. The number of hydrogen-bond donors (Lipinski definition) is 1. The van der Waals surface area contributed by atoms with Crippen LogP contribution in [0.25, 0.3) is 0 Å². The lowest BCUT2D eigenvalue weighted by Crippen LogP contribution is -2.53. The van der Waals surface area contributed by atoms with E-state index in [1.807, 2.05) is 11.0 Å². The lowest BCUT2D eigenvalue weighted by atomic mass is 9.77. The van der Waals surface area contributed by atoms with Crippen LogP contribution < -0.4 is 5.32 Å². The highest BCUT2D eigenvalue weighted by Gasteiger charge is 2.42. The van der Waals surface area contributed by atoms with Gasteiger partial charge in [-0.3, -0.25) is 4.79 Å². The molecule has 20 heavy (non-hydrogen) atoms. The Hall–Kier alpha value is -0.580. The van der Waals surface area contributed by atoms with Crippen LogP contribution in [-0.2, 0) is 9.53 Å². The van der Waals surface area contributed by atoms with Crippen LogP contribution >= 0.6 is 12.4 Å². The molecule has 2 aliphatic rings. The molecule has 5 heteroatoms. The van der Waals surface area contributed by atoms with Crippen LogP contribution in [0.1, 0.15) is 25.7 Å². The Bertz CT molecular complexity index is 316. The van der Waals surface area contributed by atoms with Crippen LogP contribution in [-0.4, -0.2) is 50.7 Å². The van der Waals surface area contributed by atoms with Gasteiger partial charge in [0.05, 0.1) is 12.0 Å². The van der Waals surface area contributed by atoms with E-state index < -0.39 is 0 Å². The molecule has 2 heterocycles. The molecule has 4 nitrogen and oxygen atoms in total. The summed E-state index contributed by atoms with van der Waals surface area (Å²) in [4.78, 5) is 14.9. The summed E-state index contributed by atoms with van der Waals surface area (Å²) in [5.41, 5.74) is -0.291. The highest BCUT2D eigenvalue weighted by atomic mass is 35.5. The van der Waals surface area contributed by atoms with Crippen molar-refractivity contribution in [3.63, 3.8) is 0 Å². The van der Waals surface area contributed by atoms with Crippen LogP contribution in [0.4, 0.5) is 0 Å². The maximum Gasteiger partial charge on any atom is 0.231 e. The highest BCUT2D eigenvalue weighted by molar-refractivity contribution is 5.85. The molecular weight excluding hydrogens is 276 g/mol. The average Bonchev–Trinajstić information content (AvgIpc) is 2.48. The van der Waals surface area contributed by atoms with Crippen molar-refractivity contribution >= 4 is 18.3 Å². The number of piperidine rings is 2. The predicted octanol–water partition coefficient (Wildman–Crippen LogP) is 1.85.